The number of hydrogen-bond donors (Lipinski definition) is 2. The maximum Gasteiger partial charge on any atom is 0.132 e. The van der Waals surface area contributed by atoms with Crippen molar-refractivity contribution in [1.82, 2.24) is 9.97 Å². The van der Waals surface area contributed by atoms with Crippen LogP contribution in [-0.4, -0.2) is 22.6 Å². The number of aryl methyl sites for hydroxylation is 1. The van der Waals surface area contributed by atoms with E-state index in [1.165, 1.54) is 32.1 Å². The first-order valence-electron chi connectivity index (χ1n) is 8.09. The van der Waals surface area contributed by atoms with Gasteiger partial charge >= 0.3 is 0 Å². The summed E-state index contributed by atoms with van der Waals surface area (Å²) >= 11 is 0. The van der Waals surface area contributed by atoms with E-state index in [9.17, 15) is 0 Å². The molecule has 0 aliphatic heterocycles. The summed E-state index contributed by atoms with van der Waals surface area (Å²) in [5.74, 6) is 3.69. The van der Waals surface area contributed by atoms with Gasteiger partial charge in [0.1, 0.15) is 17.5 Å². The van der Waals surface area contributed by atoms with E-state index in [4.69, 9.17) is 0 Å². The molecule has 1 saturated carbocycles. The standard InChI is InChI=1S/C16H28N4/c1-4-14-19-15(17-5-2)11-16(20-14)18-13-8-6-7-12(3)9-10-13/h11-13H,4-10H2,1-3H3,(H2,17,18,19,20). The van der Waals surface area contributed by atoms with Crippen molar-refractivity contribution >= 4 is 11.6 Å². The fourth-order valence-corrected chi connectivity index (χ4v) is 2.84. The minimum Gasteiger partial charge on any atom is -0.370 e. The van der Waals surface area contributed by atoms with E-state index in [0.29, 0.717) is 6.04 Å². The number of hydrogen-bond acceptors (Lipinski definition) is 4. The molecule has 1 aromatic heterocycles. The van der Waals surface area contributed by atoms with E-state index < -0.39 is 0 Å². The Labute approximate surface area is 122 Å². The third-order valence-corrected chi connectivity index (χ3v) is 4.06. The zero-order valence-corrected chi connectivity index (χ0v) is 13.1. The van der Waals surface area contributed by atoms with Crippen LogP contribution in [0.3, 0.4) is 0 Å². The zero-order chi connectivity index (χ0) is 14.4. The first kappa shape index (κ1) is 15.1. The molecule has 4 nitrogen and oxygen atoms in total. The SMILES string of the molecule is CCNc1cc(NC2CCCC(C)CC2)nc(CC)n1. The molecule has 1 aliphatic rings. The Hall–Kier alpha value is -1.32. The summed E-state index contributed by atoms with van der Waals surface area (Å²) in [7, 11) is 0. The lowest BCUT2D eigenvalue weighted by molar-refractivity contribution is 0.502. The third-order valence-electron chi connectivity index (χ3n) is 4.06. The smallest absolute Gasteiger partial charge is 0.132 e. The number of rotatable bonds is 5. The summed E-state index contributed by atoms with van der Waals surface area (Å²) in [6, 6.07) is 2.60. The van der Waals surface area contributed by atoms with E-state index in [1.807, 2.05) is 6.07 Å². The van der Waals surface area contributed by atoms with Gasteiger partial charge in [-0.05, 0) is 32.1 Å². The number of nitrogens with zero attached hydrogens (tertiary/aromatic N) is 2. The lowest BCUT2D eigenvalue weighted by Gasteiger charge is -2.18. The van der Waals surface area contributed by atoms with E-state index in [2.05, 4.69) is 41.4 Å². The molecule has 2 rings (SSSR count). The van der Waals surface area contributed by atoms with Gasteiger partial charge in [0.25, 0.3) is 0 Å². The molecule has 20 heavy (non-hydrogen) atoms. The summed E-state index contributed by atoms with van der Waals surface area (Å²) in [5, 5.41) is 6.91. The third kappa shape index (κ3) is 4.36. The number of anilines is 2. The highest BCUT2D eigenvalue weighted by molar-refractivity contribution is 5.48. The highest BCUT2D eigenvalue weighted by atomic mass is 15.1. The number of nitrogens with one attached hydrogen (secondary N) is 2. The molecule has 4 heteroatoms. The molecule has 1 aromatic rings. The van der Waals surface area contributed by atoms with Crippen LogP contribution in [0.5, 0.6) is 0 Å². The van der Waals surface area contributed by atoms with Gasteiger partial charge in [-0.15, -0.1) is 0 Å². The average Bonchev–Trinajstić information content (AvgIpc) is 2.64. The van der Waals surface area contributed by atoms with Crippen molar-refractivity contribution in [2.24, 2.45) is 5.92 Å². The number of aromatic nitrogens is 2. The summed E-state index contributed by atoms with van der Waals surface area (Å²) in [5.41, 5.74) is 0. The lowest BCUT2D eigenvalue weighted by atomic mass is 10.0. The normalized spacial score (nSPS) is 23.1. The van der Waals surface area contributed by atoms with Gasteiger partial charge in [-0.3, -0.25) is 0 Å². The summed E-state index contributed by atoms with van der Waals surface area (Å²) in [6.45, 7) is 7.45. The molecule has 0 saturated heterocycles. The van der Waals surface area contributed by atoms with Crippen LogP contribution < -0.4 is 10.6 Å². The fraction of sp³-hybridized carbons (Fsp3) is 0.750. The van der Waals surface area contributed by atoms with Crippen LogP contribution >= 0.6 is 0 Å². The highest BCUT2D eigenvalue weighted by Gasteiger charge is 2.16. The minimum absolute atomic E-state index is 0.564. The lowest BCUT2D eigenvalue weighted by Crippen LogP contribution is -2.20. The molecule has 0 radical (unpaired) electrons. The van der Waals surface area contributed by atoms with E-state index in [1.54, 1.807) is 0 Å². The van der Waals surface area contributed by atoms with Crippen LogP contribution in [0.1, 0.15) is 58.7 Å². The van der Waals surface area contributed by atoms with Crippen LogP contribution in [0.25, 0.3) is 0 Å². The topological polar surface area (TPSA) is 49.8 Å². The molecule has 0 amide bonds. The van der Waals surface area contributed by atoms with Crippen LogP contribution in [0.4, 0.5) is 11.6 Å². The fourth-order valence-electron chi connectivity index (χ4n) is 2.84. The van der Waals surface area contributed by atoms with Gasteiger partial charge < -0.3 is 10.6 Å². The Balaban J connectivity index is 2.05. The first-order chi connectivity index (χ1) is 9.71. The molecule has 0 bridgehead atoms. The van der Waals surface area contributed by atoms with E-state index >= 15 is 0 Å². The summed E-state index contributed by atoms with van der Waals surface area (Å²) in [4.78, 5) is 9.12. The van der Waals surface area contributed by atoms with Crippen molar-refractivity contribution in [1.29, 1.82) is 0 Å². The van der Waals surface area contributed by atoms with Crippen molar-refractivity contribution in [2.75, 3.05) is 17.2 Å². The second-order valence-corrected chi connectivity index (χ2v) is 5.89. The first-order valence-corrected chi connectivity index (χ1v) is 8.09. The zero-order valence-electron chi connectivity index (χ0n) is 13.1. The van der Waals surface area contributed by atoms with Gasteiger partial charge in [-0.2, -0.15) is 0 Å². The molecule has 1 aliphatic carbocycles. The molecule has 1 fully saturated rings. The molecule has 1 heterocycles. The van der Waals surface area contributed by atoms with Crippen molar-refractivity contribution in [3.63, 3.8) is 0 Å². The van der Waals surface area contributed by atoms with Gasteiger partial charge in [0.15, 0.2) is 0 Å². The molecule has 112 valence electrons. The van der Waals surface area contributed by atoms with Gasteiger partial charge in [-0.1, -0.05) is 26.7 Å². The molecule has 2 unspecified atom stereocenters. The molecule has 0 spiro atoms. The predicted octanol–water partition coefficient (Wildman–Crippen LogP) is 3.85. The second-order valence-electron chi connectivity index (χ2n) is 5.89. The molecular weight excluding hydrogens is 248 g/mol. The maximum absolute atomic E-state index is 4.62. The van der Waals surface area contributed by atoms with E-state index in [-0.39, 0.29) is 0 Å². The quantitative estimate of drug-likeness (QED) is 0.802. The molecule has 2 N–H and O–H groups in total. The Morgan fingerprint density at radius 1 is 1.10 bits per heavy atom. The molecule has 2 atom stereocenters. The summed E-state index contributed by atoms with van der Waals surface area (Å²) < 4.78 is 0. The van der Waals surface area contributed by atoms with Gasteiger partial charge in [0.2, 0.25) is 0 Å². The Morgan fingerprint density at radius 2 is 1.90 bits per heavy atom. The second kappa shape index (κ2) is 7.46. The van der Waals surface area contributed by atoms with Crippen LogP contribution in [0.15, 0.2) is 6.07 Å². The van der Waals surface area contributed by atoms with E-state index in [0.717, 1.165) is 36.3 Å². The molecular formula is C16H28N4. The van der Waals surface area contributed by atoms with Crippen LogP contribution in [-0.2, 0) is 6.42 Å². The minimum atomic E-state index is 0.564. The Morgan fingerprint density at radius 3 is 2.65 bits per heavy atom. The average molecular weight is 276 g/mol. The van der Waals surface area contributed by atoms with Crippen LogP contribution in [0, 0.1) is 5.92 Å². The summed E-state index contributed by atoms with van der Waals surface area (Å²) in [6.07, 6.45) is 7.39. The maximum atomic E-state index is 4.62. The van der Waals surface area contributed by atoms with Gasteiger partial charge in [-0.25, -0.2) is 9.97 Å². The van der Waals surface area contributed by atoms with Gasteiger partial charge in [0, 0.05) is 25.1 Å². The molecule has 0 aromatic carbocycles. The van der Waals surface area contributed by atoms with Crippen molar-refractivity contribution in [3.05, 3.63) is 11.9 Å². The Bertz CT molecular complexity index is 419. The van der Waals surface area contributed by atoms with Crippen LogP contribution in [0.2, 0.25) is 0 Å². The predicted molar refractivity (Wildman–Crippen MR) is 85.2 cm³/mol. The van der Waals surface area contributed by atoms with Crippen molar-refractivity contribution in [3.8, 4) is 0 Å². The van der Waals surface area contributed by atoms with Crippen molar-refractivity contribution in [2.45, 2.75) is 65.3 Å². The Kier molecular flexibility index (Phi) is 5.62. The van der Waals surface area contributed by atoms with Gasteiger partial charge in [0.05, 0.1) is 0 Å². The highest BCUT2D eigenvalue weighted by Crippen LogP contribution is 2.25. The monoisotopic (exact) mass is 276 g/mol. The van der Waals surface area contributed by atoms with Crippen molar-refractivity contribution < 1.29 is 0 Å². The largest absolute Gasteiger partial charge is 0.370 e.